The van der Waals surface area contributed by atoms with Gasteiger partial charge in [0.25, 0.3) is 0 Å². The smallest absolute Gasteiger partial charge is 0.354 e. The molecule has 0 saturated carbocycles. The first kappa shape index (κ1) is 9.21. The molecular formula is C9H10N2O2S. The molecule has 5 heteroatoms. The number of aromatic carboxylic acids is 1. The van der Waals surface area contributed by atoms with E-state index in [0.717, 1.165) is 15.5 Å². The van der Waals surface area contributed by atoms with E-state index in [1.807, 2.05) is 13.8 Å². The molecule has 0 spiro atoms. The average Bonchev–Trinajstić information content (AvgIpc) is 2.51. The summed E-state index contributed by atoms with van der Waals surface area (Å²) in [7, 11) is 0. The maximum absolute atomic E-state index is 11.0. The van der Waals surface area contributed by atoms with Crippen LogP contribution in [0, 0.1) is 20.8 Å². The molecule has 0 unspecified atom stereocenters. The minimum atomic E-state index is -0.920. The van der Waals surface area contributed by atoms with E-state index in [9.17, 15) is 4.79 Å². The number of aromatic nitrogens is 2. The van der Waals surface area contributed by atoms with E-state index in [2.05, 4.69) is 4.98 Å². The zero-order valence-corrected chi connectivity index (χ0v) is 8.97. The van der Waals surface area contributed by atoms with Crippen molar-refractivity contribution < 1.29 is 9.90 Å². The molecule has 14 heavy (non-hydrogen) atoms. The second kappa shape index (κ2) is 2.81. The summed E-state index contributed by atoms with van der Waals surface area (Å²) in [6.45, 7) is 5.60. The Kier molecular flexibility index (Phi) is 1.85. The monoisotopic (exact) mass is 210 g/mol. The number of imidazole rings is 1. The van der Waals surface area contributed by atoms with Crippen LogP contribution in [0.4, 0.5) is 0 Å². The zero-order valence-electron chi connectivity index (χ0n) is 8.16. The minimum absolute atomic E-state index is 0.279. The van der Waals surface area contributed by atoms with Gasteiger partial charge < -0.3 is 5.11 Å². The Hall–Kier alpha value is -1.36. The third-order valence-corrected chi connectivity index (χ3v) is 3.37. The van der Waals surface area contributed by atoms with Crippen molar-refractivity contribution in [3.05, 3.63) is 22.0 Å². The highest BCUT2D eigenvalue weighted by molar-refractivity contribution is 7.17. The fourth-order valence-electron chi connectivity index (χ4n) is 1.50. The van der Waals surface area contributed by atoms with E-state index in [1.54, 1.807) is 11.3 Å². The highest BCUT2D eigenvalue weighted by Crippen LogP contribution is 2.24. The molecule has 2 aromatic rings. The first-order chi connectivity index (χ1) is 6.52. The molecule has 0 atom stereocenters. The van der Waals surface area contributed by atoms with E-state index in [1.165, 1.54) is 11.3 Å². The Labute approximate surface area is 84.8 Å². The second-order valence-corrected chi connectivity index (χ2v) is 4.39. The van der Waals surface area contributed by atoms with Gasteiger partial charge in [-0.3, -0.25) is 4.40 Å². The van der Waals surface area contributed by atoms with Crippen LogP contribution in [0.15, 0.2) is 0 Å². The van der Waals surface area contributed by atoms with E-state index >= 15 is 0 Å². The maximum Gasteiger partial charge on any atom is 0.354 e. The van der Waals surface area contributed by atoms with Crippen LogP contribution in [0.2, 0.25) is 0 Å². The highest BCUT2D eigenvalue weighted by atomic mass is 32.1. The molecule has 0 aliphatic heterocycles. The fourth-order valence-corrected chi connectivity index (χ4v) is 2.52. The van der Waals surface area contributed by atoms with E-state index in [4.69, 9.17) is 5.11 Å². The largest absolute Gasteiger partial charge is 0.477 e. The van der Waals surface area contributed by atoms with Gasteiger partial charge in [-0.15, -0.1) is 11.3 Å². The predicted octanol–water partition coefficient (Wildman–Crippen LogP) is 2.02. The summed E-state index contributed by atoms with van der Waals surface area (Å²) in [5, 5.41) is 9.03. The summed E-state index contributed by atoms with van der Waals surface area (Å²) in [6, 6.07) is 0. The van der Waals surface area contributed by atoms with E-state index in [-0.39, 0.29) is 5.69 Å². The lowest BCUT2D eigenvalue weighted by molar-refractivity contribution is 0.0688. The Morgan fingerprint density at radius 2 is 2.07 bits per heavy atom. The molecule has 0 fully saturated rings. The Morgan fingerprint density at radius 3 is 2.64 bits per heavy atom. The van der Waals surface area contributed by atoms with Crippen LogP contribution in [0.3, 0.4) is 0 Å². The zero-order chi connectivity index (χ0) is 10.5. The van der Waals surface area contributed by atoms with Gasteiger partial charge in [-0.2, -0.15) is 0 Å². The minimum Gasteiger partial charge on any atom is -0.477 e. The quantitative estimate of drug-likeness (QED) is 0.783. The highest BCUT2D eigenvalue weighted by Gasteiger charge is 2.19. The third kappa shape index (κ3) is 1.05. The van der Waals surface area contributed by atoms with Gasteiger partial charge in [0.15, 0.2) is 10.7 Å². The van der Waals surface area contributed by atoms with Gasteiger partial charge in [0, 0.05) is 10.6 Å². The molecule has 0 aromatic carbocycles. The van der Waals surface area contributed by atoms with Crippen LogP contribution in [-0.2, 0) is 0 Å². The van der Waals surface area contributed by atoms with Crippen LogP contribution in [0.25, 0.3) is 4.96 Å². The van der Waals surface area contributed by atoms with Crippen LogP contribution in [-0.4, -0.2) is 20.5 Å². The number of hydrogen-bond acceptors (Lipinski definition) is 3. The van der Waals surface area contributed by atoms with Crippen LogP contribution >= 0.6 is 11.3 Å². The number of hydrogen-bond donors (Lipinski definition) is 1. The summed E-state index contributed by atoms with van der Waals surface area (Å²) in [5.74, 6) is -0.920. The Bertz CT molecular complexity index is 524. The number of fused-ring (bicyclic) bond motifs is 1. The topological polar surface area (TPSA) is 54.6 Å². The van der Waals surface area contributed by atoms with E-state index < -0.39 is 5.97 Å². The molecule has 0 bridgehead atoms. The predicted molar refractivity (Wildman–Crippen MR) is 54.2 cm³/mol. The number of carboxylic acids is 1. The summed E-state index contributed by atoms with van der Waals surface area (Å²) in [4.78, 5) is 17.1. The number of thiazole rings is 1. The van der Waals surface area contributed by atoms with Crippen molar-refractivity contribution >= 4 is 22.3 Å². The van der Waals surface area contributed by atoms with Gasteiger partial charge >= 0.3 is 5.97 Å². The number of carboxylic acid groups (broad SMARTS) is 1. The molecular weight excluding hydrogens is 200 g/mol. The third-order valence-electron chi connectivity index (χ3n) is 2.31. The van der Waals surface area contributed by atoms with Crippen LogP contribution in [0.1, 0.15) is 26.8 Å². The Morgan fingerprint density at radius 1 is 1.43 bits per heavy atom. The van der Waals surface area contributed by atoms with Crippen molar-refractivity contribution in [2.75, 3.05) is 0 Å². The molecule has 0 amide bonds. The molecule has 2 rings (SSSR count). The number of carbonyl (C=O) groups is 1. The molecule has 0 aliphatic rings. The molecule has 0 aliphatic carbocycles. The molecule has 2 aromatic heterocycles. The fraction of sp³-hybridized carbons (Fsp3) is 0.333. The maximum atomic E-state index is 11.0. The standard InChI is InChI=1S/C9H10N2O2S/c1-4-7(8(12)13)11-5(2)6(3)14-9(11)10-4/h1-3H3,(H,12,13). The molecule has 0 radical (unpaired) electrons. The number of rotatable bonds is 1. The SMILES string of the molecule is Cc1nc2sc(C)c(C)n2c1C(=O)O. The van der Waals surface area contributed by atoms with Crippen molar-refractivity contribution in [1.29, 1.82) is 0 Å². The van der Waals surface area contributed by atoms with Crippen molar-refractivity contribution in [2.24, 2.45) is 0 Å². The normalized spacial score (nSPS) is 11.1. The average molecular weight is 210 g/mol. The molecule has 2 heterocycles. The number of nitrogens with zero attached hydrogens (tertiary/aromatic N) is 2. The van der Waals surface area contributed by atoms with E-state index in [0.29, 0.717) is 5.69 Å². The molecule has 0 saturated heterocycles. The van der Waals surface area contributed by atoms with Crippen molar-refractivity contribution in [3.63, 3.8) is 0 Å². The van der Waals surface area contributed by atoms with Gasteiger partial charge in [0.2, 0.25) is 0 Å². The van der Waals surface area contributed by atoms with Gasteiger partial charge in [0.05, 0.1) is 5.69 Å². The van der Waals surface area contributed by atoms with Gasteiger partial charge in [-0.25, -0.2) is 9.78 Å². The lowest BCUT2D eigenvalue weighted by atomic mass is 10.3. The van der Waals surface area contributed by atoms with Crippen molar-refractivity contribution in [2.45, 2.75) is 20.8 Å². The molecule has 4 nitrogen and oxygen atoms in total. The molecule has 1 N–H and O–H groups in total. The first-order valence-corrected chi connectivity index (χ1v) is 5.02. The lowest BCUT2D eigenvalue weighted by Gasteiger charge is -1.96. The van der Waals surface area contributed by atoms with Crippen molar-refractivity contribution in [1.82, 2.24) is 9.38 Å². The first-order valence-electron chi connectivity index (χ1n) is 4.20. The van der Waals surface area contributed by atoms with Gasteiger partial charge in [0.1, 0.15) is 0 Å². The van der Waals surface area contributed by atoms with Gasteiger partial charge in [-0.05, 0) is 20.8 Å². The summed E-state index contributed by atoms with van der Waals surface area (Å²) < 4.78 is 1.71. The molecule has 74 valence electrons. The Balaban J connectivity index is 2.91. The van der Waals surface area contributed by atoms with Gasteiger partial charge in [-0.1, -0.05) is 0 Å². The van der Waals surface area contributed by atoms with Crippen LogP contribution in [0.5, 0.6) is 0 Å². The van der Waals surface area contributed by atoms with Crippen LogP contribution < -0.4 is 0 Å². The summed E-state index contributed by atoms with van der Waals surface area (Å²) in [5.41, 5.74) is 1.82. The lowest BCUT2D eigenvalue weighted by Crippen LogP contribution is -2.04. The summed E-state index contributed by atoms with van der Waals surface area (Å²) >= 11 is 1.52. The van der Waals surface area contributed by atoms with Crippen molar-refractivity contribution in [3.8, 4) is 0 Å². The number of aryl methyl sites for hydroxylation is 3. The second-order valence-electron chi connectivity index (χ2n) is 3.21. The summed E-state index contributed by atoms with van der Waals surface area (Å²) in [6.07, 6.45) is 0.